The summed E-state index contributed by atoms with van der Waals surface area (Å²) in [7, 11) is 1.59. The van der Waals surface area contributed by atoms with Crippen LogP contribution in [0.3, 0.4) is 0 Å². The summed E-state index contributed by atoms with van der Waals surface area (Å²) in [6, 6.07) is 0.374. The van der Waals surface area contributed by atoms with Gasteiger partial charge in [0.1, 0.15) is 0 Å². The van der Waals surface area contributed by atoms with Crippen molar-refractivity contribution in [3.63, 3.8) is 0 Å². The Morgan fingerprint density at radius 2 is 1.80 bits per heavy atom. The van der Waals surface area contributed by atoms with Gasteiger partial charge in [-0.3, -0.25) is 4.90 Å². The summed E-state index contributed by atoms with van der Waals surface area (Å²) >= 11 is 0. The molecule has 0 spiro atoms. The Labute approximate surface area is 121 Å². The number of rotatable bonds is 6. The van der Waals surface area contributed by atoms with Crippen molar-refractivity contribution < 1.29 is 13.2 Å². The van der Waals surface area contributed by atoms with E-state index in [4.69, 9.17) is 0 Å². The van der Waals surface area contributed by atoms with Crippen LogP contribution in [0.2, 0.25) is 0 Å². The van der Waals surface area contributed by atoms with Crippen molar-refractivity contribution >= 4 is 0 Å². The SMILES string of the molecule is CC1CCC(CNC(C)C)(CN(C)CC(F)(F)F)CC1. The lowest BCUT2D eigenvalue weighted by molar-refractivity contribution is -0.146. The van der Waals surface area contributed by atoms with Gasteiger partial charge < -0.3 is 5.32 Å². The van der Waals surface area contributed by atoms with Gasteiger partial charge in [-0.25, -0.2) is 0 Å². The summed E-state index contributed by atoms with van der Waals surface area (Å²) in [5.41, 5.74) is -0.00319. The molecule has 2 nitrogen and oxygen atoms in total. The molecule has 1 fully saturated rings. The highest BCUT2D eigenvalue weighted by Gasteiger charge is 2.37. The van der Waals surface area contributed by atoms with E-state index >= 15 is 0 Å². The van der Waals surface area contributed by atoms with E-state index in [1.165, 1.54) is 4.90 Å². The standard InChI is InChI=1S/C15H29F3N2/c1-12(2)19-9-14(7-5-13(3)6-8-14)10-20(4)11-15(16,17)18/h12-13,19H,5-11H2,1-4H3. The number of alkyl halides is 3. The highest BCUT2D eigenvalue weighted by Crippen LogP contribution is 2.39. The van der Waals surface area contributed by atoms with Crippen LogP contribution in [0.5, 0.6) is 0 Å². The van der Waals surface area contributed by atoms with Crippen LogP contribution < -0.4 is 5.32 Å². The van der Waals surface area contributed by atoms with Crippen LogP contribution >= 0.6 is 0 Å². The lowest BCUT2D eigenvalue weighted by Gasteiger charge is -2.42. The van der Waals surface area contributed by atoms with E-state index in [1.807, 2.05) is 0 Å². The predicted molar refractivity (Wildman–Crippen MR) is 76.8 cm³/mol. The fourth-order valence-electron chi connectivity index (χ4n) is 3.12. The van der Waals surface area contributed by atoms with Crippen molar-refractivity contribution in [2.75, 3.05) is 26.7 Å². The molecule has 1 rings (SSSR count). The first-order valence-corrected chi connectivity index (χ1v) is 7.61. The van der Waals surface area contributed by atoms with E-state index in [1.54, 1.807) is 7.05 Å². The average molecular weight is 294 g/mol. The first-order chi connectivity index (χ1) is 9.12. The fourth-order valence-corrected chi connectivity index (χ4v) is 3.12. The van der Waals surface area contributed by atoms with Crippen molar-refractivity contribution in [1.29, 1.82) is 0 Å². The minimum atomic E-state index is -4.11. The molecule has 0 bridgehead atoms. The molecule has 0 aliphatic heterocycles. The second kappa shape index (κ2) is 7.12. The van der Waals surface area contributed by atoms with Crippen LogP contribution in [0, 0.1) is 11.3 Å². The van der Waals surface area contributed by atoms with Gasteiger partial charge in [-0.2, -0.15) is 13.2 Å². The number of hydrogen-bond acceptors (Lipinski definition) is 2. The lowest BCUT2D eigenvalue weighted by atomic mass is 9.70. The Morgan fingerprint density at radius 3 is 2.25 bits per heavy atom. The average Bonchev–Trinajstić information content (AvgIpc) is 2.28. The Kier molecular flexibility index (Phi) is 6.32. The second-order valence-electron chi connectivity index (χ2n) is 7.01. The van der Waals surface area contributed by atoms with Gasteiger partial charge in [-0.15, -0.1) is 0 Å². The lowest BCUT2D eigenvalue weighted by Crippen LogP contribution is -2.48. The van der Waals surface area contributed by atoms with E-state index in [0.29, 0.717) is 18.5 Å². The normalized spacial score (nSPS) is 28.4. The maximum Gasteiger partial charge on any atom is 0.401 e. The van der Waals surface area contributed by atoms with Gasteiger partial charge in [0.05, 0.1) is 6.54 Å². The van der Waals surface area contributed by atoms with Gasteiger partial charge in [0.25, 0.3) is 0 Å². The Morgan fingerprint density at radius 1 is 1.25 bits per heavy atom. The van der Waals surface area contributed by atoms with Crippen LogP contribution in [0.25, 0.3) is 0 Å². The van der Waals surface area contributed by atoms with Crippen LogP contribution in [0.4, 0.5) is 13.2 Å². The van der Waals surface area contributed by atoms with Crippen molar-refractivity contribution in [2.45, 2.75) is 58.7 Å². The molecular formula is C15H29F3N2. The molecule has 5 heteroatoms. The van der Waals surface area contributed by atoms with Crippen molar-refractivity contribution in [3.05, 3.63) is 0 Å². The molecule has 1 aliphatic rings. The fraction of sp³-hybridized carbons (Fsp3) is 1.00. The Balaban J connectivity index is 2.62. The number of hydrogen-bond donors (Lipinski definition) is 1. The second-order valence-corrected chi connectivity index (χ2v) is 7.01. The Bertz CT molecular complexity index is 281. The molecule has 0 saturated heterocycles. The van der Waals surface area contributed by atoms with E-state index in [-0.39, 0.29) is 5.41 Å². The van der Waals surface area contributed by atoms with Crippen molar-refractivity contribution in [3.8, 4) is 0 Å². The van der Waals surface area contributed by atoms with Crippen LogP contribution in [0.15, 0.2) is 0 Å². The summed E-state index contributed by atoms with van der Waals surface area (Å²) in [4.78, 5) is 1.44. The van der Waals surface area contributed by atoms with Crippen LogP contribution in [0.1, 0.15) is 46.5 Å². The molecule has 0 heterocycles. The summed E-state index contributed by atoms with van der Waals surface area (Å²) in [5, 5.41) is 3.43. The monoisotopic (exact) mass is 294 g/mol. The third-order valence-corrected chi connectivity index (χ3v) is 4.27. The zero-order valence-corrected chi connectivity index (χ0v) is 13.2. The van der Waals surface area contributed by atoms with E-state index in [9.17, 15) is 13.2 Å². The topological polar surface area (TPSA) is 15.3 Å². The van der Waals surface area contributed by atoms with Crippen molar-refractivity contribution in [2.24, 2.45) is 11.3 Å². The summed E-state index contributed by atoms with van der Waals surface area (Å²) < 4.78 is 37.5. The first-order valence-electron chi connectivity index (χ1n) is 7.61. The molecule has 1 aliphatic carbocycles. The highest BCUT2D eigenvalue weighted by atomic mass is 19.4. The van der Waals surface area contributed by atoms with Gasteiger partial charge in [-0.05, 0) is 31.2 Å². The Hall–Kier alpha value is -0.290. The summed E-state index contributed by atoms with van der Waals surface area (Å²) in [6.45, 7) is 6.93. The molecule has 0 radical (unpaired) electrons. The largest absolute Gasteiger partial charge is 0.401 e. The zero-order chi connectivity index (χ0) is 15.4. The van der Waals surface area contributed by atoms with E-state index in [0.717, 1.165) is 32.2 Å². The molecule has 0 atom stereocenters. The quantitative estimate of drug-likeness (QED) is 0.804. The van der Waals surface area contributed by atoms with Gasteiger partial charge in [-0.1, -0.05) is 33.6 Å². The molecule has 0 aromatic heterocycles. The summed E-state index contributed by atoms with van der Waals surface area (Å²) in [6.07, 6.45) is 0.189. The zero-order valence-electron chi connectivity index (χ0n) is 13.2. The maximum atomic E-state index is 12.5. The van der Waals surface area contributed by atoms with Crippen LogP contribution in [-0.4, -0.2) is 43.8 Å². The molecule has 0 amide bonds. The third-order valence-electron chi connectivity index (χ3n) is 4.27. The maximum absolute atomic E-state index is 12.5. The van der Waals surface area contributed by atoms with Crippen molar-refractivity contribution in [1.82, 2.24) is 10.2 Å². The van der Waals surface area contributed by atoms with E-state index < -0.39 is 12.7 Å². The minimum Gasteiger partial charge on any atom is -0.314 e. The molecule has 0 unspecified atom stereocenters. The summed E-state index contributed by atoms with van der Waals surface area (Å²) in [5.74, 6) is 0.704. The van der Waals surface area contributed by atoms with Gasteiger partial charge in [0.2, 0.25) is 0 Å². The van der Waals surface area contributed by atoms with E-state index in [2.05, 4.69) is 26.1 Å². The van der Waals surface area contributed by atoms with Gasteiger partial charge >= 0.3 is 6.18 Å². The van der Waals surface area contributed by atoms with Crippen LogP contribution in [-0.2, 0) is 0 Å². The number of halogens is 3. The highest BCUT2D eigenvalue weighted by molar-refractivity contribution is 4.89. The number of nitrogens with zero attached hydrogens (tertiary/aromatic N) is 1. The third kappa shape index (κ3) is 6.44. The van der Waals surface area contributed by atoms with Gasteiger partial charge in [0.15, 0.2) is 0 Å². The molecule has 1 N–H and O–H groups in total. The smallest absolute Gasteiger partial charge is 0.314 e. The number of nitrogens with one attached hydrogen (secondary N) is 1. The molecule has 0 aromatic carbocycles. The van der Waals surface area contributed by atoms with Gasteiger partial charge in [0, 0.05) is 19.1 Å². The molecule has 1 saturated carbocycles. The molecule has 0 aromatic rings. The molecule has 20 heavy (non-hydrogen) atoms. The molecular weight excluding hydrogens is 265 g/mol. The molecule has 120 valence electrons. The predicted octanol–water partition coefficient (Wildman–Crippen LogP) is 3.68. The minimum absolute atomic E-state index is 0.00319. The first kappa shape index (κ1) is 17.8.